The van der Waals surface area contributed by atoms with Gasteiger partial charge in [0.1, 0.15) is 11.5 Å². The third kappa shape index (κ3) is 7.36. The van der Waals surface area contributed by atoms with Gasteiger partial charge < -0.3 is 26.4 Å². The molecule has 1 fully saturated rings. The van der Waals surface area contributed by atoms with E-state index in [9.17, 15) is 28.9 Å². The van der Waals surface area contributed by atoms with Gasteiger partial charge in [-0.1, -0.05) is 48.9 Å². The van der Waals surface area contributed by atoms with Crippen LogP contribution in [0.4, 0.5) is 32.8 Å². The number of nitrogens with two attached hydrogens (primary N) is 1. The number of hydrogen-bond acceptors (Lipinski definition) is 10. The highest BCUT2D eigenvalue weighted by molar-refractivity contribution is 8.05. The molecule has 0 radical (unpaired) electrons. The summed E-state index contributed by atoms with van der Waals surface area (Å²) in [6, 6.07) is 15.3. The number of hydrogen-bond donors (Lipinski definition) is 4. The van der Waals surface area contributed by atoms with Gasteiger partial charge in [-0.05, 0) is 71.2 Å². The molecule has 0 spiro atoms. The zero-order valence-electron chi connectivity index (χ0n) is 22.5. The zero-order valence-corrected chi connectivity index (χ0v) is 23.3. The van der Waals surface area contributed by atoms with Crippen molar-refractivity contribution >= 4 is 58.1 Å². The zero-order chi connectivity index (χ0) is 30.1. The quantitative estimate of drug-likeness (QED) is 0.0796. The van der Waals surface area contributed by atoms with E-state index >= 15 is 0 Å². The van der Waals surface area contributed by atoms with Crippen LogP contribution in [0.5, 0.6) is 0 Å². The Morgan fingerprint density at radius 2 is 1.74 bits per heavy atom. The van der Waals surface area contributed by atoms with Crippen molar-refractivity contribution in [3.05, 3.63) is 92.3 Å². The third-order valence-electron chi connectivity index (χ3n) is 6.57. The van der Waals surface area contributed by atoms with Gasteiger partial charge in [-0.25, -0.2) is 4.39 Å². The molecule has 3 aromatic carbocycles. The van der Waals surface area contributed by atoms with Gasteiger partial charge in [-0.2, -0.15) is 0 Å². The van der Waals surface area contributed by atoms with E-state index in [0.29, 0.717) is 47.7 Å². The molecule has 13 heteroatoms. The van der Waals surface area contributed by atoms with Gasteiger partial charge in [0.15, 0.2) is 11.2 Å². The highest BCUT2D eigenvalue weighted by atomic mass is 32.2. The number of nitrogen functional groups attached to an aromatic ring is 1. The highest BCUT2D eigenvalue weighted by Crippen LogP contribution is 2.40. The molecule has 2 amide bonds. The molecule has 1 aliphatic heterocycles. The average molecular weight is 593 g/mol. The second-order valence-corrected chi connectivity index (χ2v) is 10.5. The number of carbonyl (C=O) groups excluding carboxylic acids is 2. The second kappa shape index (κ2) is 14.3. The summed E-state index contributed by atoms with van der Waals surface area (Å²) in [6.07, 6.45) is 4.62. The van der Waals surface area contributed by atoms with Gasteiger partial charge in [0, 0.05) is 13.1 Å². The molecule has 0 saturated carbocycles. The van der Waals surface area contributed by atoms with E-state index in [1.165, 1.54) is 29.2 Å². The fraction of sp³-hybridized carbons (Fsp3) is 0.241. The number of unbranched alkanes of at least 4 members (excludes halogenated alkanes) is 3. The van der Waals surface area contributed by atoms with E-state index < -0.39 is 5.56 Å². The van der Waals surface area contributed by atoms with Crippen molar-refractivity contribution in [1.29, 1.82) is 0 Å². The van der Waals surface area contributed by atoms with E-state index in [-0.39, 0.29) is 40.4 Å². The Hall–Kier alpha value is -4.62. The van der Waals surface area contributed by atoms with Crippen molar-refractivity contribution in [3.8, 4) is 0 Å². The van der Waals surface area contributed by atoms with Gasteiger partial charge in [0.25, 0.3) is 11.8 Å². The molecule has 5 N–H and O–H groups in total. The number of rotatable bonds is 13. The lowest BCUT2D eigenvalue weighted by Crippen LogP contribution is -2.33. The number of nitrogens with one attached hydrogen (secondary N) is 2. The standard InChI is InChI=1S/C29H29FN6O5S/c30-19-11-9-18(10-12-19)17-24-28(38)36(29(39)42-24)16-6-2-1-5-15-32-27(37)20-7-3-4-8-21(20)33-23-14-13-22(34-40)25(31)26(23)35-41/h3-4,7-14,17,29,33,39H,1-2,5-6,15-16,31H2,(H,32,37). The average Bonchev–Trinajstić information content (AvgIpc) is 3.25. The molecule has 1 aliphatic rings. The molecule has 1 unspecified atom stereocenters. The van der Waals surface area contributed by atoms with Crippen LogP contribution in [0, 0.1) is 15.6 Å². The molecular weight excluding hydrogens is 563 g/mol. The van der Waals surface area contributed by atoms with Crippen LogP contribution in [0.1, 0.15) is 41.6 Å². The first-order valence-corrected chi connectivity index (χ1v) is 14.1. The topological polar surface area (TPSA) is 167 Å². The van der Waals surface area contributed by atoms with Crippen molar-refractivity contribution in [2.45, 2.75) is 31.2 Å². The second-order valence-electron chi connectivity index (χ2n) is 9.42. The monoisotopic (exact) mass is 592 g/mol. The maximum absolute atomic E-state index is 13.1. The molecule has 1 saturated heterocycles. The summed E-state index contributed by atoms with van der Waals surface area (Å²) in [5.41, 5.74) is 6.08. The van der Waals surface area contributed by atoms with Crippen LogP contribution in [0.25, 0.3) is 6.08 Å². The van der Waals surface area contributed by atoms with Gasteiger partial charge >= 0.3 is 0 Å². The summed E-state index contributed by atoms with van der Waals surface area (Å²) in [5.74, 6) is -0.937. The van der Waals surface area contributed by atoms with E-state index in [1.807, 2.05) is 0 Å². The van der Waals surface area contributed by atoms with E-state index in [1.54, 1.807) is 42.5 Å². The molecule has 11 nitrogen and oxygen atoms in total. The molecule has 0 aliphatic carbocycles. The molecule has 4 rings (SSSR count). The normalized spacial score (nSPS) is 15.6. The summed E-state index contributed by atoms with van der Waals surface area (Å²) in [7, 11) is 0. The lowest BCUT2D eigenvalue weighted by molar-refractivity contribution is -0.130. The summed E-state index contributed by atoms with van der Waals surface area (Å²) in [6.45, 7) is 0.817. The molecule has 0 aromatic heterocycles. The summed E-state index contributed by atoms with van der Waals surface area (Å²) < 4.78 is 13.1. The molecule has 3 aromatic rings. The van der Waals surface area contributed by atoms with Crippen molar-refractivity contribution in [1.82, 2.24) is 10.2 Å². The summed E-state index contributed by atoms with van der Waals surface area (Å²) in [4.78, 5) is 49.6. The van der Waals surface area contributed by atoms with Crippen molar-refractivity contribution < 1.29 is 19.1 Å². The first-order chi connectivity index (χ1) is 20.3. The van der Waals surface area contributed by atoms with Crippen LogP contribution in [-0.4, -0.2) is 40.5 Å². The van der Waals surface area contributed by atoms with Crippen LogP contribution in [0.15, 0.2) is 75.9 Å². The number of para-hydroxylation sites is 1. The largest absolute Gasteiger partial charge is 0.395 e. The summed E-state index contributed by atoms with van der Waals surface area (Å²) >= 11 is 1.06. The maximum atomic E-state index is 13.1. The number of carbonyl (C=O) groups is 2. The maximum Gasteiger partial charge on any atom is 0.263 e. The Labute approximate surface area is 245 Å². The number of amides is 2. The number of nitrogens with zero attached hydrogens (tertiary/aromatic N) is 3. The number of anilines is 3. The smallest absolute Gasteiger partial charge is 0.263 e. The SMILES string of the molecule is Nc1c(N=O)ccc(Nc2ccccc2C(=O)NCCCCCCN2C(=O)C(=Cc3ccc(F)cc3)SC2O)c1N=O. The van der Waals surface area contributed by atoms with Crippen LogP contribution in [0.2, 0.25) is 0 Å². The van der Waals surface area contributed by atoms with Crippen molar-refractivity contribution in [3.63, 3.8) is 0 Å². The molecule has 218 valence electrons. The Kier molecular flexibility index (Phi) is 10.3. The van der Waals surface area contributed by atoms with E-state index in [2.05, 4.69) is 21.0 Å². The van der Waals surface area contributed by atoms with Gasteiger partial charge in [0.2, 0.25) is 0 Å². The number of halogens is 1. The Bertz CT molecular complexity index is 1500. The van der Waals surface area contributed by atoms with Gasteiger partial charge in [0.05, 0.1) is 27.5 Å². The fourth-order valence-electron chi connectivity index (χ4n) is 4.36. The van der Waals surface area contributed by atoms with Crippen molar-refractivity contribution in [2.75, 3.05) is 24.1 Å². The van der Waals surface area contributed by atoms with Crippen LogP contribution >= 0.6 is 11.8 Å². The third-order valence-corrected chi connectivity index (χ3v) is 7.59. The number of nitroso groups, excluding NO2 is 2. The Balaban J connectivity index is 1.22. The van der Waals surface area contributed by atoms with E-state index in [0.717, 1.165) is 24.6 Å². The first-order valence-electron chi connectivity index (χ1n) is 13.2. The summed E-state index contributed by atoms with van der Waals surface area (Å²) in [5, 5.41) is 21.9. The predicted molar refractivity (Wildman–Crippen MR) is 162 cm³/mol. The minimum absolute atomic E-state index is 0.105. The number of aliphatic hydroxyl groups excluding tert-OH is 1. The molecular formula is C29H29FN6O5S. The Morgan fingerprint density at radius 3 is 2.48 bits per heavy atom. The Morgan fingerprint density at radius 1 is 1.00 bits per heavy atom. The lowest BCUT2D eigenvalue weighted by atomic mass is 10.1. The lowest BCUT2D eigenvalue weighted by Gasteiger charge is -2.18. The minimum Gasteiger partial charge on any atom is -0.395 e. The number of thioether (sulfide) groups is 1. The molecule has 1 atom stereocenters. The first kappa shape index (κ1) is 30.3. The minimum atomic E-state index is -0.966. The van der Waals surface area contributed by atoms with Gasteiger partial charge in [-0.15, -0.1) is 9.81 Å². The van der Waals surface area contributed by atoms with Crippen LogP contribution in [0.3, 0.4) is 0 Å². The van der Waals surface area contributed by atoms with Crippen LogP contribution in [-0.2, 0) is 4.79 Å². The van der Waals surface area contributed by atoms with Crippen molar-refractivity contribution in [2.24, 2.45) is 10.4 Å². The van der Waals surface area contributed by atoms with Crippen LogP contribution < -0.4 is 16.4 Å². The molecule has 42 heavy (non-hydrogen) atoms. The molecule has 1 heterocycles. The van der Waals surface area contributed by atoms with E-state index in [4.69, 9.17) is 5.73 Å². The highest BCUT2D eigenvalue weighted by Gasteiger charge is 2.34. The number of benzene rings is 3. The van der Waals surface area contributed by atoms with Gasteiger partial charge in [-0.3, -0.25) is 9.59 Å². The number of aliphatic hydroxyl groups is 1. The fourth-order valence-corrected chi connectivity index (χ4v) is 5.33. The predicted octanol–water partition coefficient (Wildman–Crippen LogP) is 6.13. The molecule has 0 bridgehead atoms.